The number of H-pyrrole nitrogens is 1. The number of hydrogen-bond donors (Lipinski definition) is 1. The van der Waals surface area contributed by atoms with Crippen molar-refractivity contribution >= 4 is 17.0 Å². The van der Waals surface area contributed by atoms with Crippen molar-refractivity contribution in [3.63, 3.8) is 0 Å². The summed E-state index contributed by atoms with van der Waals surface area (Å²) < 4.78 is 15.3. The van der Waals surface area contributed by atoms with Crippen LogP contribution in [0.5, 0.6) is 0 Å². The first-order valence-electron chi connectivity index (χ1n) is 10.2. The number of aromatic amines is 1. The fraction of sp³-hybridized carbons (Fsp3) is 0.364. The first kappa shape index (κ1) is 18.7. The highest BCUT2D eigenvalue weighted by Crippen LogP contribution is 2.31. The third kappa shape index (κ3) is 3.22. The quantitative estimate of drug-likeness (QED) is 0.560. The number of halogens is 1. The number of aryl methyl sites for hydroxylation is 2. The van der Waals surface area contributed by atoms with Crippen molar-refractivity contribution in [2.24, 2.45) is 7.05 Å². The number of rotatable bonds is 3. The van der Waals surface area contributed by atoms with Crippen molar-refractivity contribution in [1.82, 2.24) is 29.7 Å². The highest BCUT2D eigenvalue weighted by molar-refractivity contribution is 5.75. The largest absolute Gasteiger partial charge is 0.342 e. The van der Waals surface area contributed by atoms with Crippen LogP contribution >= 0.6 is 0 Å². The summed E-state index contributed by atoms with van der Waals surface area (Å²) in [6.45, 7) is 5.77. The van der Waals surface area contributed by atoms with Crippen molar-refractivity contribution in [2.45, 2.75) is 32.6 Å². The molecule has 8 heteroatoms. The van der Waals surface area contributed by atoms with E-state index in [0.717, 1.165) is 71.4 Å². The molecule has 0 amide bonds. The Morgan fingerprint density at radius 2 is 1.90 bits per heavy atom. The molecule has 1 N–H and O–H groups in total. The van der Waals surface area contributed by atoms with Gasteiger partial charge in [-0.3, -0.25) is 4.68 Å². The first-order valence-corrected chi connectivity index (χ1v) is 10.2. The first-order chi connectivity index (χ1) is 14.5. The number of fused-ring (bicyclic) bond motifs is 1. The SMILES string of the molecule is Cc1nn(C)c(C)c1-c1ccnc(N2CCC(c3nc4ccc(F)cc4[nH]3)CC2)n1. The third-order valence-electron chi connectivity index (χ3n) is 6.03. The maximum atomic E-state index is 13.5. The standard InChI is InChI=1S/C22H24FN7/c1-13-20(14(2)29(3)28-13)18-6-9-24-22(27-18)30-10-7-15(8-11-30)21-25-17-5-4-16(23)12-19(17)26-21/h4-6,9,12,15H,7-8,10-11H2,1-3H3,(H,25,26). The van der Waals surface area contributed by atoms with E-state index in [4.69, 9.17) is 4.98 Å². The molecule has 1 aromatic carbocycles. The highest BCUT2D eigenvalue weighted by atomic mass is 19.1. The molecule has 5 rings (SSSR count). The van der Waals surface area contributed by atoms with Gasteiger partial charge in [-0.1, -0.05) is 0 Å². The van der Waals surface area contributed by atoms with E-state index in [2.05, 4.69) is 31.9 Å². The van der Waals surface area contributed by atoms with E-state index in [1.54, 1.807) is 6.07 Å². The lowest BCUT2D eigenvalue weighted by atomic mass is 9.96. The van der Waals surface area contributed by atoms with Crippen LogP contribution in [0.15, 0.2) is 30.5 Å². The molecule has 0 unspecified atom stereocenters. The van der Waals surface area contributed by atoms with Crippen LogP contribution in [-0.2, 0) is 7.05 Å². The van der Waals surface area contributed by atoms with Gasteiger partial charge in [-0.15, -0.1) is 0 Å². The number of nitrogens with zero attached hydrogens (tertiary/aromatic N) is 6. The minimum Gasteiger partial charge on any atom is -0.342 e. The van der Waals surface area contributed by atoms with Crippen molar-refractivity contribution < 1.29 is 4.39 Å². The molecule has 0 bridgehead atoms. The lowest BCUT2D eigenvalue weighted by Crippen LogP contribution is -2.34. The van der Waals surface area contributed by atoms with Gasteiger partial charge in [0.25, 0.3) is 0 Å². The van der Waals surface area contributed by atoms with Gasteiger partial charge in [0.1, 0.15) is 11.6 Å². The average molecular weight is 405 g/mol. The summed E-state index contributed by atoms with van der Waals surface area (Å²) in [5.41, 5.74) is 5.62. The molecule has 1 aliphatic heterocycles. The van der Waals surface area contributed by atoms with Crippen molar-refractivity contribution in [1.29, 1.82) is 0 Å². The van der Waals surface area contributed by atoms with Gasteiger partial charge >= 0.3 is 0 Å². The Balaban J connectivity index is 1.34. The number of anilines is 1. The topological polar surface area (TPSA) is 75.5 Å². The molecule has 0 atom stereocenters. The Hall–Kier alpha value is -3.29. The summed E-state index contributed by atoms with van der Waals surface area (Å²) in [6.07, 6.45) is 3.71. The fourth-order valence-corrected chi connectivity index (χ4v) is 4.33. The number of piperidine rings is 1. The average Bonchev–Trinajstić information content (AvgIpc) is 3.28. The van der Waals surface area contributed by atoms with Crippen molar-refractivity contribution in [2.75, 3.05) is 18.0 Å². The Bertz CT molecular complexity index is 1220. The van der Waals surface area contributed by atoms with Crippen LogP contribution in [0, 0.1) is 19.7 Å². The molecule has 4 heterocycles. The Morgan fingerprint density at radius 3 is 2.63 bits per heavy atom. The number of imidazole rings is 1. The normalized spacial score (nSPS) is 15.3. The molecule has 1 aliphatic rings. The molecule has 154 valence electrons. The number of benzene rings is 1. The van der Waals surface area contributed by atoms with E-state index in [1.165, 1.54) is 12.1 Å². The fourth-order valence-electron chi connectivity index (χ4n) is 4.33. The van der Waals surface area contributed by atoms with Gasteiger partial charge in [0.2, 0.25) is 5.95 Å². The second kappa shape index (κ2) is 7.19. The van der Waals surface area contributed by atoms with Crippen LogP contribution < -0.4 is 4.90 Å². The zero-order valence-electron chi connectivity index (χ0n) is 17.4. The van der Waals surface area contributed by atoms with Crippen LogP contribution in [0.4, 0.5) is 10.3 Å². The van der Waals surface area contributed by atoms with E-state index >= 15 is 0 Å². The van der Waals surface area contributed by atoms with Crippen LogP contribution in [0.1, 0.15) is 36.0 Å². The Labute approximate surface area is 174 Å². The molecule has 0 spiro atoms. The predicted octanol–water partition coefficient (Wildman–Crippen LogP) is 3.89. The number of aromatic nitrogens is 6. The van der Waals surface area contributed by atoms with Gasteiger partial charge in [0.05, 0.1) is 22.4 Å². The van der Waals surface area contributed by atoms with Gasteiger partial charge in [-0.2, -0.15) is 5.10 Å². The molecular weight excluding hydrogens is 381 g/mol. The number of nitrogens with one attached hydrogen (secondary N) is 1. The monoisotopic (exact) mass is 405 g/mol. The van der Waals surface area contributed by atoms with Gasteiger partial charge in [-0.25, -0.2) is 19.3 Å². The maximum Gasteiger partial charge on any atom is 0.225 e. The molecule has 0 saturated carbocycles. The van der Waals surface area contributed by atoms with E-state index < -0.39 is 0 Å². The zero-order valence-corrected chi connectivity index (χ0v) is 17.4. The second-order valence-electron chi connectivity index (χ2n) is 7.96. The lowest BCUT2D eigenvalue weighted by molar-refractivity contribution is 0.484. The summed E-state index contributed by atoms with van der Waals surface area (Å²) in [5.74, 6) is 1.76. The molecule has 7 nitrogen and oxygen atoms in total. The zero-order chi connectivity index (χ0) is 20.8. The Morgan fingerprint density at radius 1 is 1.10 bits per heavy atom. The van der Waals surface area contributed by atoms with Crippen LogP contribution in [0.2, 0.25) is 0 Å². The van der Waals surface area contributed by atoms with Crippen molar-refractivity contribution in [3.8, 4) is 11.3 Å². The molecule has 0 aliphatic carbocycles. The Kier molecular flexibility index (Phi) is 4.49. The van der Waals surface area contributed by atoms with E-state index in [-0.39, 0.29) is 5.82 Å². The molecule has 30 heavy (non-hydrogen) atoms. The van der Waals surface area contributed by atoms with Gasteiger partial charge < -0.3 is 9.88 Å². The number of hydrogen-bond acceptors (Lipinski definition) is 5. The maximum absolute atomic E-state index is 13.5. The van der Waals surface area contributed by atoms with Crippen molar-refractivity contribution in [3.05, 3.63) is 53.5 Å². The summed E-state index contributed by atoms with van der Waals surface area (Å²) in [7, 11) is 1.95. The van der Waals surface area contributed by atoms with E-state index in [1.807, 2.05) is 30.9 Å². The highest BCUT2D eigenvalue weighted by Gasteiger charge is 2.25. The molecule has 1 saturated heterocycles. The predicted molar refractivity (Wildman–Crippen MR) is 114 cm³/mol. The molecule has 1 fully saturated rings. The summed E-state index contributed by atoms with van der Waals surface area (Å²) in [5, 5.41) is 4.50. The summed E-state index contributed by atoms with van der Waals surface area (Å²) in [4.78, 5) is 19.6. The van der Waals surface area contributed by atoms with Gasteiger partial charge in [-0.05, 0) is 51.0 Å². The summed E-state index contributed by atoms with van der Waals surface area (Å²) >= 11 is 0. The van der Waals surface area contributed by atoms with Crippen LogP contribution in [0.25, 0.3) is 22.3 Å². The molecule has 0 radical (unpaired) electrons. The lowest BCUT2D eigenvalue weighted by Gasteiger charge is -2.31. The summed E-state index contributed by atoms with van der Waals surface area (Å²) in [6, 6.07) is 6.62. The smallest absolute Gasteiger partial charge is 0.225 e. The van der Waals surface area contributed by atoms with Gasteiger partial charge in [0.15, 0.2) is 0 Å². The minimum absolute atomic E-state index is 0.247. The van der Waals surface area contributed by atoms with E-state index in [9.17, 15) is 4.39 Å². The molecule has 3 aromatic heterocycles. The molecular formula is C22H24FN7. The third-order valence-corrected chi connectivity index (χ3v) is 6.03. The second-order valence-corrected chi connectivity index (χ2v) is 7.96. The van der Waals surface area contributed by atoms with E-state index in [0.29, 0.717) is 5.92 Å². The van der Waals surface area contributed by atoms with Gasteiger partial charge in [0, 0.05) is 43.5 Å². The van der Waals surface area contributed by atoms with Crippen LogP contribution in [-0.4, -0.2) is 42.8 Å². The minimum atomic E-state index is -0.247. The molecule has 4 aromatic rings. The van der Waals surface area contributed by atoms with Crippen LogP contribution in [0.3, 0.4) is 0 Å².